The summed E-state index contributed by atoms with van der Waals surface area (Å²) in [6.07, 6.45) is 3.06. The molecule has 2 N–H and O–H groups in total. The van der Waals surface area contributed by atoms with Crippen LogP contribution in [0.25, 0.3) is 0 Å². The first kappa shape index (κ1) is 14.9. The number of aliphatic carboxylic acids is 1. The Bertz CT molecular complexity index is 532. The van der Waals surface area contributed by atoms with Gasteiger partial charge < -0.3 is 10.4 Å². The van der Waals surface area contributed by atoms with Crippen LogP contribution in [0.5, 0.6) is 0 Å². The summed E-state index contributed by atoms with van der Waals surface area (Å²) in [5, 5.41) is 12.6. The van der Waals surface area contributed by atoms with Crippen LogP contribution in [0.4, 0.5) is 0 Å². The molecule has 108 valence electrons. The van der Waals surface area contributed by atoms with Crippen molar-refractivity contribution in [1.29, 1.82) is 0 Å². The highest BCUT2D eigenvalue weighted by Gasteiger charge is 2.42. The van der Waals surface area contributed by atoms with Gasteiger partial charge in [0.25, 0.3) is 5.91 Å². The predicted molar refractivity (Wildman–Crippen MR) is 76.9 cm³/mol. The lowest BCUT2D eigenvalue weighted by Crippen LogP contribution is -2.55. The largest absolute Gasteiger partial charge is 0.481 e. The monoisotopic (exact) mass is 295 g/mol. The van der Waals surface area contributed by atoms with Crippen LogP contribution < -0.4 is 5.32 Å². The number of carbonyl (C=O) groups excluding carboxylic acids is 1. The highest BCUT2D eigenvalue weighted by Crippen LogP contribution is 2.34. The topological polar surface area (TPSA) is 66.4 Å². The molecule has 4 nitrogen and oxygen atoms in total. The van der Waals surface area contributed by atoms with Crippen LogP contribution in [0.2, 0.25) is 5.02 Å². The fraction of sp³-hybridized carbons (Fsp3) is 0.467. The zero-order chi connectivity index (χ0) is 14.8. The van der Waals surface area contributed by atoms with E-state index >= 15 is 0 Å². The molecule has 0 saturated heterocycles. The molecule has 20 heavy (non-hydrogen) atoms. The number of carboxylic acid groups (broad SMARTS) is 1. The minimum Gasteiger partial charge on any atom is -0.481 e. The molecule has 0 heterocycles. The summed E-state index contributed by atoms with van der Waals surface area (Å²) in [5.41, 5.74) is -0.342. The predicted octanol–water partition coefficient (Wildman–Crippen LogP) is 3.10. The summed E-state index contributed by atoms with van der Waals surface area (Å²) in [6, 6.07) is 6.77. The summed E-state index contributed by atoms with van der Waals surface area (Å²) in [4.78, 5) is 23.7. The second-order valence-corrected chi connectivity index (χ2v) is 5.90. The van der Waals surface area contributed by atoms with E-state index in [1.165, 1.54) is 0 Å². The first-order valence-corrected chi connectivity index (χ1v) is 7.12. The molecular formula is C15H18ClNO3. The van der Waals surface area contributed by atoms with Crippen LogP contribution in [-0.2, 0) is 4.79 Å². The second-order valence-electron chi connectivity index (χ2n) is 5.49. The molecule has 0 bridgehead atoms. The SMILES string of the molecule is CC1(NC(=O)c2ccccc2Cl)CCCCC1C(=O)O. The van der Waals surface area contributed by atoms with Gasteiger partial charge in [0.1, 0.15) is 0 Å². The third-order valence-electron chi connectivity index (χ3n) is 4.02. The number of hydrogen-bond donors (Lipinski definition) is 2. The van der Waals surface area contributed by atoms with Crippen molar-refractivity contribution in [2.24, 2.45) is 5.92 Å². The van der Waals surface area contributed by atoms with Gasteiger partial charge in [-0.1, -0.05) is 36.6 Å². The van der Waals surface area contributed by atoms with Gasteiger partial charge in [0, 0.05) is 0 Å². The van der Waals surface area contributed by atoms with Gasteiger partial charge in [0.15, 0.2) is 0 Å². The second kappa shape index (κ2) is 5.83. The van der Waals surface area contributed by atoms with Gasteiger partial charge in [0.2, 0.25) is 0 Å². The van der Waals surface area contributed by atoms with Gasteiger partial charge in [0.05, 0.1) is 22.0 Å². The average Bonchev–Trinajstić information content (AvgIpc) is 2.38. The van der Waals surface area contributed by atoms with Crippen LogP contribution in [0.15, 0.2) is 24.3 Å². The molecule has 0 radical (unpaired) electrons. The third-order valence-corrected chi connectivity index (χ3v) is 4.35. The number of carbonyl (C=O) groups is 2. The number of hydrogen-bond acceptors (Lipinski definition) is 2. The molecule has 0 spiro atoms. The van der Waals surface area contributed by atoms with Crippen molar-refractivity contribution in [3.05, 3.63) is 34.9 Å². The molecule has 1 aromatic carbocycles. The molecule has 1 aliphatic carbocycles. The van der Waals surface area contributed by atoms with Gasteiger partial charge >= 0.3 is 5.97 Å². The Labute approximate surface area is 123 Å². The standard InChI is InChI=1S/C15H18ClNO3/c1-15(9-5-4-7-11(15)14(19)20)17-13(18)10-6-2-3-8-12(10)16/h2-3,6,8,11H,4-5,7,9H2,1H3,(H,17,18)(H,19,20). The molecule has 0 aromatic heterocycles. The highest BCUT2D eigenvalue weighted by atomic mass is 35.5. The van der Waals surface area contributed by atoms with E-state index < -0.39 is 17.4 Å². The van der Waals surface area contributed by atoms with Crippen molar-refractivity contribution in [3.63, 3.8) is 0 Å². The molecule has 0 aliphatic heterocycles. The quantitative estimate of drug-likeness (QED) is 0.900. The number of amides is 1. The van der Waals surface area contributed by atoms with E-state index in [1.807, 2.05) is 0 Å². The number of benzene rings is 1. The average molecular weight is 296 g/mol. The zero-order valence-electron chi connectivity index (χ0n) is 11.4. The van der Waals surface area contributed by atoms with Crippen LogP contribution in [0.3, 0.4) is 0 Å². The molecule has 2 unspecified atom stereocenters. The third kappa shape index (κ3) is 2.96. The Kier molecular flexibility index (Phi) is 4.33. The van der Waals surface area contributed by atoms with Crippen molar-refractivity contribution >= 4 is 23.5 Å². The van der Waals surface area contributed by atoms with E-state index in [0.717, 1.165) is 12.8 Å². The van der Waals surface area contributed by atoms with Crippen LogP contribution >= 0.6 is 11.6 Å². The Morgan fingerprint density at radius 1 is 1.35 bits per heavy atom. The molecule has 1 aliphatic rings. The smallest absolute Gasteiger partial charge is 0.308 e. The Balaban J connectivity index is 2.20. The molecule has 1 aromatic rings. The van der Waals surface area contributed by atoms with Crippen LogP contribution in [-0.4, -0.2) is 22.5 Å². The number of nitrogens with one attached hydrogen (secondary N) is 1. The Hall–Kier alpha value is -1.55. The lowest BCUT2D eigenvalue weighted by atomic mass is 9.73. The van der Waals surface area contributed by atoms with Gasteiger partial charge in [-0.05, 0) is 31.9 Å². The van der Waals surface area contributed by atoms with E-state index in [2.05, 4.69) is 5.32 Å². The van der Waals surface area contributed by atoms with E-state index in [4.69, 9.17) is 11.6 Å². The molecule has 1 amide bonds. The lowest BCUT2D eigenvalue weighted by Gasteiger charge is -2.39. The van der Waals surface area contributed by atoms with Crippen molar-refractivity contribution in [2.45, 2.75) is 38.1 Å². The fourth-order valence-corrected chi connectivity index (χ4v) is 3.07. The van der Waals surface area contributed by atoms with Crippen molar-refractivity contribution < 1.29 is 14.7 Å². The van der Waals surface area contributed by atoms with E-state index in [-0.39, 0.29) is 5.91 Å². The maximum atomic E-state index is 12.3. The number of rotatable bonds is 3. The Morgan fingerprint density at radius 2 is 2.05 bits per heavy atom. The van der Waals surface area contributed by atoms with E-state index in [9.17, 15) is 14.7 Å². The molecule has 2 rings (SSSR count). The Morgan fingerprint density at radius 3 is 2.70 bits per heavy atom. The van der Waals surface area contributed by atoms with Crippen LogP contribution in [0, 0.1) is 5.92 Å². The highest BCUT2D eigenvalue weighted by molar-refractivity contribution is 6.33. The summed E-state index contributed by atoms with van der Waals surface area (Å²) in [7, 11) is 0. The fourth-order valence-electron chi connectivity index (χ4n) is 2.85. The number of carboxylic acids is 1. The maximum absolute atomic E-state index is 12.3. The van der Waals surface area contributed by atoms with Gasteiger partial charge in [-0.3, -0.25) is 9.59 Å². The zero-order valence-corrected chi connectivity index (χ0v) is 12.1. The van der Waals surface area contributed by atoms with Crippen LogP contribution in [0.1, 0.15) is 43.0 Å². The van der Waals surface area contributed by atoms with Crippen molar-refractivity contribution in [3.8, 4) is 0 Å². The summed E-state index contributed by atoms with van der Waals surface area (Å²) in [5.74, 6) is -1.72. The van der Waals surface area contributed by atoms with Gasteiger partial charge in [-0.2, -0.15) is 0 Å². The minimum atomic E-state index is -0.855. The molecule has 1 saturated carbocycles. The number of halogens is 1. The van der Waals surface area contributed by atoms with Crippen molar-refractivity contribution in [1.82, 2.24) is 5.32 Å². The van der Waals surface area contributed by atoms with E-state index in [0.29, 0.717) is 23.4 Å². The summed E-state index contributed by atoms with van der Waals surface area (Å²) < 4.78 is 0. The minimum absolute atomic E-state index is 0.314. The first-order chi connectivity index (χ1) is 9.44. The van der Waals surface area contributed by atoms with Crippen molar-refractivity contribution in [2.75, 3.05) is 0 Å². The first-order valence-electron chi connectivity index (χ1n) is 6.74. The summed E-state index contributed by atoms with van der Waals surface area (Å²) >= 11 is 6.00. The molecule has 1 fully saturated rings. The summed E-state index contributed by atoms with van der Waals surface area (Å²) in [6.45, 7) is 1.81. The van der Waals surface area contributed by atoms with Gasteiger partial charge in [-0.15, -0.1) is 0 Å². The molecular weight excluding hydrogens is 278 g/mol. The molecule has 2 atom stereocenters. The van der Waals surface area contributed by atoms with Gasteiger partial charge in [-0.25, -0.2) is 0 Å². The lowest BCUT2D eigenvalue weighted by molar-refractivity contribution is -0.145. The molecule has 5 heteroatoms. The normalized spacial score (nSPS) is 26.0. The van der Waals surface area contributed by atoms with E-state index in [1.54, 1.807) is 31.2 Å². The maximum Gasteiger partial charge on any atom is 0.308 e.